The second kappa shape index (κ2) is 5.94. The van der Waals surface area contributed by atoms with Gasteiger partial charge in [0.2, 0.25) is 0 Å². The lowest BCUT2D eigenvalue weighted by Gasteiger charge is -2.26. The predicted octanol–water partition coefficient (Wildman–Crippen LogP) is 2.52. The molecule has 0 radical (unpaired) electrons. The molecule has 2 amide bonds. The van der Waals surface area contributed by atoms with Crippen molar-refractivity contribution < 1.29 is 18.0 Å². The van der Waals surface area contributed by atoms with Crippen LogP contribution in [0.25, 0.3) is 0 Å². The fraction of sp³-hybridized carbons (Fsp3) is 0.636. The summed E-state index contributed by atoms with van der Waals surface area (Å²) in [6, 6.07) is -2.79. The number of rotatable bonds is 4. The van der Waals surface area contributed by atoms with Crippen LogP contribution in [-0.4, -0.2) is 27.8 Å². The number of anilines is 1. The van der Waals surface area contributed by atoms with Crippen LogP contribution in [0.2, 0.25) is 0 Å². The van der Waals surface area contributed by atoms with E-state index in [-0.39, 0.29) is 5.82 Å². The van der Waals surface area contributed by atoms with E-state index in [9.17, 15) is 18.0 Å². The molecule has 0 aliphatic rings. The predicted molar refractivity (Wildman–Crippen MR) is 64.7 cm³/mol. The number of nitrogens with zero attached hydrogens (tertiary/aromatic N) is 2. The number of halogens is 3. The number of amides is 2. The fourth-order valence-electron chi connectivity index (χ4n) is 1.55. The average molecular weight is 278 g/mol. The summed E-state index contributed by atoms with van der Waals surface area (Å²) < 4.78 is 40.0. The largest absolute Gasteiger partial charge is 0.408 e. The van der Waals surface area contributed by atoms with Crippen molar-refractivity contribution in [3.8, 4) is 0 Å². The lowest BCUT2D eigenvalue weighted by atomic mass is 9.99. The van der Waals surface area contributed by atoms with Crippen LogP contribution in [0, 0.1) is 5.92 Å². The van der Waals surface area contributed by atoms with E-state index in [4.69, 9.17) is 0 Å². The average Bonchev–Trinajstić information content (AvgIpc) is 2.69. The summed E-state index contributed by atoms with van der Waals surface area (Å²) in [6.07, 6.45) is -1.23. The third-order valence-electron chi connectivity index (χ3n) is 2.80. The molecule has 19 heavy (non-hydrogen) atoms. The molecule has 0 aliphatic carbocycles. The van der Waals surface area contributed by atoms with Crippen molar-refractivity contribution in [3.05, 3.63) is 12.5 Å². The van der Waals surface area contributed by atoms with Gasteiger partial charge in [-0.25, -0.2) is 9.78 Å². The van der Waals surface area contributed by atoms with E-state index in [1.165, 1.54) is 19.4 Å². The summed E-state index contributed by atoms with van der Waals surface area (Å²) >= 11 is 0. The van der Waals surface area contributed by atoms with Crippen LogP contribution in [0.5, 0.6) is 0 Å². The Labute approximate surface area is 109 Å². The van der Waals surface area contributed by atoms with Gasteiger partial charge in [0.1, 0.15) is 6.04 Å². The van der Waals surface area contributed by atoms with Crippen LogP contribution in [0.3, 0.4) is 0 Å². The molecule has 2 unspecified atom stereocenters. The van der Waals surface area contributed by atoms with Gasteiger partial charge < -0.3 is 9.88 Å². The highest BCUT2D eigenvalue weighted by Crippen LogP contribution is 2.27. The summed E-state index contributed by atoms with van der Waals surface area (Å²) in [4.78, 5) is 15.3. The zero-order valence-corrected chi connectivity index (χ0v) is 11.0. The summed E-state index contributed by atoms with van der Waals surface area (Å²) in [7, 11) is 1.69. The smallest absolute Gasteiger partial charge is 0.338 e. The molecule has 2 atom stereocenters. The molecular formula is C11H17F3N4O. The van der Waals surface area contributed by atoms with E-state index < -0.39 is 24.2 Å². The monoisotopic (exact) mass is 278 g/mol. The van der Waals surface area contributed by atoms with Gasteiger partial charge >= 0.3 is 12.2 Å². The van der Waals surface area contributed by atoms with Gasteiger partial charge in [-0.3, -0.25) is 5.32 Å². The molecule has 2 N–H and O–H groups in total. The van der Waals surface area contributed by atoms with E-state index in [1.54, 1.807) is 18.5 Å². The lowest BCUT2D eigenvalue weighted by Crippen LogP contribution is -2.50. The van der Waals surface area contributed by atoms with Gasteiger partial charge in [-0.1, -0.05) is 20.3 Å². The lowest BCUT2D eigenvalue weighted by molar-refractivity contribution is -0.163. The third-order valence-corrected chi connectivity index (χ3v) is 2.80. The molecule has 1 aromatic heterocycles. The Hall–Kier alpha value is -1.73. The first-order valence-corrected chi connectivity index (χ1v) is 5.86. The van der Waals surface area contributed by atoms with Crippen LogP contribution in [0.4, 0.5) is 23.8 Å². The number of carbonyl (C=O) groups excluding carboxylic acids is 1. The number of carbonyl (C=O) groups is 1. The zero-order chi connectivity index (χ0) is 14.6. The van der Waals surface area contributed by atoms with Crippen molar-refractivity contribution in [2.24, 2.45) is 13.0 Å². The number of hydrogen-bond donors (Lipinski definition) is 2. The molecule has 108 valence electrons. The Morgan fingerprint density at radius 3 is 2.58 bits per heavy atom. The number of imidazole rings is 1. The number of aryl methyl sites for hydroxylation is 1. The maximum Gasteiger partial charge on any atom is 0.408 e. The molecule has 5 nitrogen and oxygen atoms in total. The number of hydrogen-bond acceptors (Lipinski definition) is 2. The van der Waals surface area contributed by atoms with Crippen molar-refractivity contribution >= 4 is 11.8 Å². The van der Waals surface area contributed by atoms with Gasteiger partial charge in [-0.15, -0.1) is 0 Å². The van der Waals surface area contributed by atoms with E-state index in [1.807, 2.05) is 5.32 Å². The van der Waals surface area contributed by atoms with Crippen LogP contribution < -0.4 is 10.6 Å². The van der Waals surface area contributed by atoms with Crippen LogP contribution in [0.1, 0.15) is 20.3 Å². The van der Waals surface area contributed by atoms with E-state index in [2.05, 4.69) is 10.3 Å². The Morgan fingerprint density at radius 1 is 1.53 bits per heavy atom. The second-order valence-corrected chi connectivity index (χ2v) is 4.43. The minimum atomic E-state index is -4.48. The highest BCUT2D eigenvalue weighted by Gasteiger charge is 2.43. The van der Waals surface area contributed by atoms with Gasteiger partial charge in [-0.2, -0.15) is 13.2 Å². The molecule has 0 aliphatic heterocycles. The topological polar surface area (TPSA) is 59.0 Å². The quantitative estimate of drug-likeness (QED) is 0.889. The first-order chi connectivity index (χ1) is 8.74. The number of nitrogens with one attached hydrogen (secondary N) is 2. The second-order valence-electron chi connectivity index (χ2n) is 4.43. The van der Waals surface area contributed by atoms with E-state index >= 15 is 0 Å². The normalized spacial score (nSPS) is 14.8. The molecule has 8 heteroatoms. The molecule has 0 saturated carbocycles. The minimum Gasteiger partial charge on any atom is -0.338 e. The highest BCUT2D eigenvalue weighted by molar-refractivity contribution is 5.88. The van der Waals surface area contributed by atoms with Crippen LogP contribution >= 0.6 is 0 Å². The Kier molecular flexibility index (Phi) is 4.79. The van der Waals surface area contributed by atoms with Gasteiger partial charge in [0, 0.05) is 13.2 Å². The fourth-order valence-corrected chi connectivity index (χ4v) is 1.55. The van der Waals surface area contributed by atoms with E-state index in [0.717, 1.165) is 0 Å². The minimum absolute atomic E-state index is 0.199. The van der Waals surface area contributed by atoms with Crippen molar-refractivity contribution in [2.45, 2.75) is 32.5 Å². The molecule has 0 saturated heterocycles. The molecule has 1 heterocycles. The van der Waals surface area contributed by atoms with Crippen LogP contribution in [-0.2, 0) is 7.05 Å². The Balaban J connectivity index is 2.66. The molecule has 1 rings (SSSR count). The Morgan fingerprint density at radius 2 is 2.16 bits per heavy atom. The summed E-state index contributed by atoms with van der Waals surface area (Å²) in [5.41, 5.74) is 0. The van der Waals surface area contributed by atoms with Crippen molar-refractivity contribution in [3.63, 3.8) is 0 Å². The van der Waals surface area contributed by atoms with E-state index in [0.29, 0.717) is 6.42 Å². The molecule has 0 spiro atoms. The molecule has 0 bridgehead atoms. The van der Waals surface area contributed by atoms with Gasteiger partial charge in [0.25, 0.3) is 0 Å². The summed E-state index contributed by atoms with van der Waals surface area (Å²) in [5, 5.41) is 4.20. The SMILES string of the molecule is CCC(C)C(NC(=O)Nc1cn(C)cn1)C(F)(F)F. The first-order valence-electron chi connectivity index (χ1n) is 5.86. The standard InChI is InChI=1S/C11H17F3N4O/c1-4-7(2)9(11(12,13)14)17-10(19)16-8-5-18(3)6-15-8/h5-7,9H,4H2,1-3H3,(H2,16,17,19). The van der Waals surface area contributed by atoms with Gasteiger partial charge in [-0.05, 0) is 5.92 Å². The number of alkyl halides is 3. The third kappa shape index (κ3) is 4.46. The zero-order valence-electron chi connectivity index (χ0n) is 11.0. The summed E-state index contributed by atoms with van der Waals surface area (Å²) in [6.45, 7) is 3.08. The van der Waals surface area contributed by atoms with Gasteiger partial charge in [0.15, 0.2) is 5.82 Å². The summed E-state index contributed by atoms with van der Waals surface area (Å²) in [5.74, 6) is -0.500. The highest BCUT2D eigenvalue weighted by atomic mass is 19.4. The first kappa shape index (κ1) is 15.3. The van der Waals surface area contributed by atoms with Crippen molar-refractivity contribution in [1.82, 2.24) is 14.9 Å². The number of urea groups is 1. The van der Waals surface area contributed by atoms with Crippen molar-refractivity contribution in [1.29, 1.82) is 0 Å². The molecule has 0 fully saturated rings. The maximum absolute atomic E-state index is 12.8. The Bertz CT molecular complexity index is 430. The molecule has 1 aromatic rings. The van der Waals surface area contributed by atoms with Gasteiger partial charge in [0.05, 0.1) is 6.33 Å². The van der Waals surface area contributed by atoms with Crippen molar-refractivity contribution in [2.75, 3.05) is 5.32 Å². The van der Waals surface area contributed by atoms with Crippen LogP contribution in [0.15, 0.2) is 12.5 Å². The molecule has 0 aromatic carbocycles. The molecular weight excluding hydrogens is 261 g/mol. The maximum atomic E-state index is 12.8. The number of aromatic nitrogens is 2.